The SMILES string of the molecule is CSCCCCNCc1ccncc1C. The monoisotopic (exact) mass is 224 g/mol. The van der Waals surface area contributed by atoms with Crippen molar-refractivity contribution in [2.75, 3.05) is 18.6 Å². The standard InChI is InChI=1S/C12H20N2S/c1-11-9-14-7-5-12(11)10-13-6-3-4-8-15-2/h5,7,9,13H,3-4,6,8,10H2,1-2H3. The molecule has 0 bridgehead atoms. The largest absolute Gasteiger partial charge is 0.313 e. The summed E-state index contributed by atoms with van der Waals surface area (Å²) >= 11 is 1.92. The summed E-state index contributed by atoms with van der Waals surface area (Å²) in [4.78, 5) is 4.08. The molecule has 15 heavy (non-hydrogen) atoms. The van der Waals surface area contributed by atoms with Gasteiger partial charge in [0, 0.05) is 18.9 Å². The van der Waals surface area contributed by atoms with Crippen LogP contribution in [0.2, 0.25) is 0 Å². The second-order valence-corrected chi connectivity index (χ2v) is 4.66. The Labute approximate surface area is 96.9 Å². The predicted octanol–water partition coefficient (Wildman–Crippen LogP) is 2.62. The van der Waals surface area contributed by atoms with Crippen molar-refractivity contribution in [1.29, 1.82) is 0 Å². The van der Waals surface area contributed by atoms with E-state index in [0.717, 1.165) is 13.1 Å². The molecule has 0 radical (unpaired) electrons. The molecule has 0 saturated carbocycles. The third-order valence-electron chi connectivity index (χ3n) is 2.40. The lowest BCUT2D eigenvalue weighted by Gasteiger charge is -2.06. The molecule has 1 aromatic rings. The zero-order valence-corrected chi connectivity index (χ0v) is 10.4. The number of nitrogens with zero attached hydrogens (tertiary/aromatic N) is 1. The molecule has 0 aliphatic rings. The van der Waals surface area contributed by atoms with Crippen LogP contribution in [0.5, 0.6) is 0 Å². The number of unbranched alkanes of at least 4 members (excludes halogenated alkanes) is 1. The summed E-state index contributed by atoms with van der Waals surface area (Å²) in [5.74, 6) is 1.27. The lowest BCUT2D eigenvalue weighted by Crippen LogP contribution is -2.15. The van der Waals surface area contributed by atoms with Gasteiger partial charge >= 0.3 is 0 Å². The minimum Gasteiger partial charge on any atom is -0.313 e. The lowest BCUT2D eigenvalue weighted by atomic mass is 10.1. The highest BCUT2D eigenvalue weighted by Gasteiger charge is 1.96. The van der Waals surface area contributed by atoms with Crippen LogP contribution >= 0.6 is 11.8 Å². The Kier molecular flexibility index (Phi) is 6.44. The fourth-order valence-corrected chi connectivity index (χ4v) is 1.91. The van der Waals surface area contributed by atoms with Crippen molar-refractivity contribution >= 4 is 11.8 Å². The normalized spacial score (nSPS) is 10.5. The molecule has 0 saturated heterocycles. The Balaban J connectivity index is 2.12. The number of thioether (sulfide) groups is 1. The number of rotatable bonds is 7. The highest BCUT2D eigenvalue weighted by molar-refractivity contribution is 7.98. The van der Waals surface area contributed by atoms with Gasteiger partial charge in [-0.05, 0) is 55.5 Å². The van der Waals surface area contributed by atoms with Gasteiger partial charge in [-0.2, -0.15) is 11.8 Å². The number of hydrogen-bond donors (Lipinski definition) is 1. The molecule has 0 aromatic carbocycles. The van der Waals surface area contributed by atoms with Gasteiger partial charge in [-0.3, -0.25) is 4.98 Å². The molecule has 0 aliphatic heterocycles. The first-order chi connectivity index (χ1) is 7.34. The van der Waals surface area contributed by atoms with E-state index < -0.39 is 0 Å². The Hall–Kier alpha value is -0.540. The summed E-state index contributed by atoms with van der Waals surface area (Å²) in [6.07, 6.45) is 8.52. The van der Waals surface area contributed by atoms with E-state index in [9.17, 15) is 0 Å². The Morgan fingerprint density at radius 3 is 3.00 bits per heavy atom. The summed E-state index contributed by atoms with van der Waals surface area (Å²) in [6, 6.07) is 2.09. The summed E-state index contributed by atoms with van der Waals surface area (Å²) in [7, 11) is 0. The zero-order chi connectivity index (χ0) is 10.9. The van der Waals surface area contributed by atoms with Gasteiger partial charge in [0.1, 0.15) is 0 Å². The van der Waals surface area contributed by atoms with Gasteiger partial charge in [0.05, 0.1) is 0 Å². The van der Waals surface area contributed by atoms with E-state index in [1.807, 2.05) is 24.2 Å². The van der Waals surface area contributed by atoms with Crippen LogP contribution in [0.3, 0.4) is 0 Å². The van der Waals surface area contributed by atoms with Gasteiger partial charge in [0.2, 0.25) is 0 Å². The van der Waals surface area contributed by atoms with Gasteiger partial charge in [-0.1, -0.05) is 0 Å². The molecule has 0 unspecified atom stereocenters. The van der Waals surface area contributed by atoms with Gasteiger partial charge in [0.15, 0.2) is 0 Å². The third kappa shape index (κ3) is 5.19. The first-order valence-electron chi connectivity index (χ1n) is 5.43. The summed E-state index contributed by atoms with van der Waals surface area (Å²) < 4.78 is 0. The second-order valence-electron chi connectivity index (χ2n) is 3.68. The van der Waals surface area contributed by atoms with E-state index in [-0.39, 0.29) is 0 Å². The molecule has 1 rings (SSSR count). The molecular formula is C12H20N2S. The molecule has 84 valence electrons. The Bertz CT molecular complexity index is 276. The van der Waals surface area contributed by atoms with Gasteiger partial charge in [-0.15, -0.1) is 0 Å². The van der Waals surface area contributed by atoms with E-state index in [2.05, 4.69) is 29.5 Å². The van der Waals surface area contributed by atoms with Crippen LogP contribution < -0.4 is 5.32 Å². The fraction of sp³-hybridized carbons (Fsp3) is 0.583. The maximum Gasteiger partial charge on any atom is 0.0300 e. The van der Waals surface area contributed by atoms with Crippen LogP contribution in [-0.4, -0.2) is 23.5 Å². The van der Waals surface area contributed by atoms with Crippen LogP contribution in [0.1, 0.15) is 24.0 Å². The van der Waals surface area contributed by atoms with Crippen LogP contribution in [0.4, 0.5) is 0 Å². The highest BCUT2D eigenvalue weighted by atomic mass is 32.2. The average Bonchev–Trinajstić information content (AvgIpc) is 2.25. The van der Waals surface area contributed by atoms with Crippen LogP contribution in [-0.2, 0) is 6.54 Å². The van der Waals surface area contributed by atoms with Gasteiger partial charge < -0.3 is 5.32 Å². The maximum atomic E-state index is 4.08. The average molecular weight is 224 g/mol. The molecule has 0 amide bonds. The van der Waals surface area contributed by atoms with E-state index in [0.29, 0.717) is 0 Å². The quantitative estimate of drug-likeness (QED) is 0.721. The Morgan fingerprint density at radius 2 is 2.27 bits per heavy atom. The first-order valence-corrected chi connectivity index (χ1v) is 6.83. The zero-order valence-electron chi connectivity index (χ0n) is 9.62. The topological polar surface area (TPSA) is 24.9 Å². The van der Waals surface area contributed by atoms with Crippen molar-refractivity contribution in [2.24, 2.45) is 0 Å². The number of pyridine rings is 1. The predicted molar refractivity (Wildman–Crippen MR) is 68.3 cm³/mol. The van der Waals surface area contributed by atoms with E-state index >= 15 is 0 Å². The number of nitrogens with one attached hydrogen (secondary N) is 1. The van der Waals surface area contributed by atoms with Crippen molar-refractivity contribution in [3.05, 3.63) is 29.6 Å². The molecule has 1 N–H and O–H groups in total. The van der Waals surface area contributed by atoms with E-state index in [1.165, 1.54) is 29.7 Å². The van der Waals surface area contributed by atoms with E-state index in [4.69, 9.17) is 0 Å². The minimum absolute atomic E-state index is 0.966. The van der Waals surface area contributed by atoms with E-state index in [1.54, 1.807) is 0 Å². The molecule has 0 aliphatic carbocycles. The smallest absolute Gasteiger partial charge is 0.0300 e. The molecular weight excluding hydrogens is 204 g/mol. The molecule has 0 fully saturated rings. The number of aromatic nitrogens is 1. The van der Waals surface area contributed by atoms with Gasteiger partial charge in [0.25, 0.3) is 0 Å². The first kappa shape index (κ1) is 12.5. The van der Waals surface area contributed by atoms with Crippen molar-refractivity contribution < 1.29 is 0 Å². The lowest BCUT2D eigenvalue weighted by molar-refractivity contribution is 0.642. The molecule has 3 heteroatoms. The molecule has 1 aromatic heterocycles. The molecule has 0 spiro atoms. The van der Waals surface area contributed by atoms with Crippen molar-refractivity contribution in [3.8, 4) is 0 Å². The fourth-order valence-electron chi connectivity index (χ4n) is 1.42. The van der Waals surface area contributed by atoms with Crippen LogP contribution in [0.25, 0.3) is 0 Å². The minimum atomic E-state index is 0.966. The molecule has 1 heterocycles. The Morgan fingerprint density at radius 1 is 1.40 bits per heavy atom. The van der Waals surface area contributed by atoms with Crippen molar-refractivity contribution in [1.82, 2.24) is 10.3 Å². The molecule has 2 nitrogen and oxygen atoms in total. The van der Waals surface area contributed by atoms with Crippen molar-refractivity contribution in [3.63, 3.8) is 0 Å². The second kappa shape index (κ2) is 7.71. The summed E-state index contributed by atoms with van der Waals surface area (Å²) in [5, 5.41) is 3.46. The maximum absolute atomic E-state index is 4.08. The van der Waals surface area contributed by atoms with Crippen LogP contribution in [0.15, 0.2) is 18.5 Å². The highest BCUT2D eigenvalue weighted by Crippen LogP contribution is 2.04. The number of hydrogen-bond acceptors (Lipinski definition) is 3. The third-order valence-corrected chi connectivity index (χ3v) is 3.10. The number of aryl methyl sites for hydroxylation is 1. The molecule has 0 atom stereocenters. The summed E-state index contributed by atoms with van der Waals surface area (Å²) in [6.45, 7) is 4.19. The van der Waals surface area contributed by atoms with Crippen LogP contribution in [0, 0.1) is 6.92 Å². The van der Waals surface area contributed by atoms with Gasteiger partial charge in [-0.25, -0.2) is 0 Å². The summed E-state index contributed by atoms with van der Waals surface area (Å²) in [5.41, 5.74) is 2.63. The van der Waals surface area contributed by atoms with Crippen molar-refractivity contribution in [2.45, 2.75) is 26.3 Å².